The number of unbranched alkanes of at least 4 members (excludes halogenated alkanes) is 10. The van der Waals surface area contributed by atoms with Crippen molar-refractivity contribution in [3.8, 4) is 23.0 Å². The minimum atomic E-state index is -0.670. The first kappa shape index (κ1) is 71.1. The molecule has 23 heteroatoms. The van der Waals surface area contributed by atoms with E-state index in [0.29, 0.717) is 98.1 Å². The zero-order valence-corrected chi connectivity index (χ0v) is 56.0. The smallest absolute Gasteiger partial charge is 0.349 e. The molecule has 0 aliphatic carbocycles. The summed E-state index contributed by atoms with van der Waals surface area (Å²) in [6.45, 7) is 23.2. The third-order valence-electron chi connectivity index (χ3n) is 16.8. The molecule has 23 nitrogen and oxygen atoms in total. The van der Waals surface area contributed by atoms with Crippen LogP contribution in [0.3, 0.4) is 0 Å². The topological polar surface area (TPSA) is 302 Å². The Kier molecular flexibility index (Phi) is 25.7. The second-order valence-electron chi connectivity index (χ2n) is 24.3. The molecule has 4 aromatic carbocycles. The van der Waals surface area contributed by atoms with E-state index in [9.17, 15) is 38.4 Å². The predicted molar refractivity (Wildman–Crippen MR) is 367 cm³/mol. The molecule has 1 aromatic heterocycles. The van der Waals surface area contributed by atoms with E-state index in [0.717, 1.165) is 158 Å². The number of aromatic amines is 3. The second-order valence-corrected chi connectivity index (χ2v) is 24.3. The molecule has 0 unspecified atom stereocenters. The Bertz CT molecular complexity index is 4540. The van der Waals surface area contributed by atoms with Crippen LogP contribution in [0, 0.1) is 41.5 Å². The van der Waals surface area contributed by atoms with Crippen molar-refractivity contribution in [1.82, 2.24) is 49.0 Å². The molecular weight excluding hydrogens is 1210 g/mol. The lowest BCUT2D eigenvalue weighted by Gasteiger charge is -2.28. The Morgan fingerprint density at radius 2 is 0.937 bits per heavy atom. The summed E-state index contributed by atoms with van der Waals surface area (Å²) >= 11 is 0. The summed E-state index contributed by atoms with van der Waals surface area (Å²) in [4.78, 5) is 131. The summed E-state index contributed by atoms with van der Waals surface area (Å²) in [5.74, 6) is 0.725. The number of aryl methyl sites for hydroxylation is 8. The first-order valence-electron chi connectivity index (χ1n) is 33.1. The molecule has 10 rings (SSSR count). The van der Waals surface area contributed by atoms with Crippen LogP contribution in [0.1, 0.15) is 168 Å². The van der Waals surface area contributed by atoms with Crippen molar-refractivity contribution in [2.24, 2.45) is 4.99 Å². The zero-order valence-electron chi connectivity index (χ0n) is 56.0. The molecule has 95 heavy (non-hydrogen) atoms. The lowest BCUT2D eigenvalue weighted by atomic mass is 10.1. The maximum atomic E-state index is 12.5. The van der Waals surface area contributed by atoms with Crippen LogP contribution in [0.4, 0.5) is 17.2 Å². The number of aromatic nitrogens is 10. The summed E-state index contributed by atoms with van der Waals surface area (Å²) in [6.07, 6.45) is 14.5. The van der Waals surface area contributed by atoms with E-state index in [1.165, 1.54) is 0 Å². The van der Waals surface area contributed by atoms with Crippen LogP contribution >= 0.6 is 0 Å². The number of hydrogen-bond acceptors (Lipinski definition) is 18. The Hall–Kier alpha value is -9.80. The van der Waals surface area contributed by atoms with E-state index in [-0.39, 0.29) is 34.9 Å². The first-order chi connectivity index (χ1) is 45.7. The van der Waals surface area contributed by atoms with Gasteiger partial charge in [0.15, 0.2) is 34.2 Å². The van der Waals surface area contributed by atoms with Crippen LogP contribution in [0.25, 0.3) is 51.7 Å². The zero-order chi connectivity index (χ0) is 68.1. The number of nitrogens with one attached hydrogen (secondary N) is 3. The first-order valence-corrected chi connectivity index (χ1v) is 33.1. The summed E-state index contributed by atoms with van der Waals surface area (Å²) in [6, 6.07) is 21.8. The maximum Gasteiger partial charge on any atom is 0.349 e. The van der Waals surface area contributed by atoms with E-state index < -0.39 is 22.5 Å². The number of anilines is 2. The number of esters is 3. The second kappa shape index (κ2) is 34.4. The maximum absolute atomic E-state index is 12.5. The highest BCUT2D eigenvalue weighted by Gasteiger charge is 2.25. The van der Waals surface area contributed by atoms with Gasteiger partial charge >= 0.3 is 29.3 Å². The molecule has 5 aromatic rings. The van der Waals surface area contributed by atoms with E-state index in [1.54, 1.807) is 0 Å². The molecular formula is C72H88N12O11. The van der Waals surface area contributed by atoms with Gasteiger partial charge in [-0.1, -0.05) is 95.7 Å². The van der Waals surface area contributed by atoms with Crippen LogP contribution < -0.4 is 43.8 Å². The minimum Gasteiger partial charge on any atom is -0.466 e. The molecule has 0 bridgehead atoms. The molecule has 5 aliphatic rings. The molecule has 6 heterocycles. The number of nitrogens with zero attached hydrogens (tertiary/aromatic N) is 9. The number of rotatable bonds is 28. The summed E-state index contributed by atoms with van der Waals surface area (Å²) < 4.78 is 19.4. The van der Waals surface area contributed by atoms with E-state index >= 15 is 0 Å². The fourth-order valence-electron chi connectivity index (χ4n) is 11.1. The summed E-state index contributed by atoms with van der Waals surface area (Å²) in [5.41, 5.74) is 10.5. The highest BCUT2D eigenvalue weighted by molar-refractivity contribution is 5.82. The van der Waals surface area contributed by atoms with Crippen LogP contribution in [-0.4, -0.2) is 86.7 Å². The molecule has 0 spiro atoms. The number of carbonyl (C=O) groups excluding carboxylic acids is 3. The Labute approximate surface area is 550 Å². The van der Waals surface area contributed by atoms with Crippen LogP contribution in [0.5, 0.6) is 0 Å². The Balaban J connectivity index is 0.000000183. The number of benzene rings is 4. The number of hydrogen-bond donors (Lipinski definition) is 3. The van der Waals surface area contributed by atoms with Crippen molar-refractivity contribution in [3.05, 3.63) is 169 Å². The molecule has 0 saturated heterocycles. The van der Waals surface area contributed by atoms with Crippen molar-refractivity contribution in [1.29, 1.82) is 0 Å². The van der Waals surface area contributed by atoms with Crippen molar-refractivity contribution in [3.63, 3.8) is 0 Å². The van der Waals surface area contributed by atoms with E-state index in [4.69, 9.17) is 14.2 Å². The van der Waals surface area contributed by atoms with Crippen molar-refractivity contribution >= 4 is 63.7 Å². The lowest BCUT2D eigenvalue weighted by Crippen LogP contribution is -2.42. The van der Waals surface area contributed by atoms with Crippen molar-refractivity contribution in [2.75, 3.05) is 24.7 Å². The molecule has 0 atom stereocenters. The predicted octanol–water partition coefficient (Wildman–Crippen LogP) is 10.5. The minimum absolute atomic E-state index is 0.133. The molecule has 0 saturated carbocycles. The third kappa shape index (κ3) is 19.4. The summed E-state index contributed by atoms with van der Waals surface area (Å²) in [7, 11) is 0. The molecule has 0 radical (unpaired) electrons. The van der Waals surface area contributed by atoms with Gasteiger partial charge < -0.3 is 33.2 Å². The van der Waals surface area contributed by atoms with Crippen LogP contribution in [0.2, 0.25) is 0 Å². The van der Waals surface area contributed by atoms with E-state index in [2.05, 4.69) is 76.3 Å². The quantitative estimate of drug-likeness (QED) is 0.0178. The Morgan fingerprint density at radius 3 is 1.45 bits per heavy atom. The molecule has 0 amide bonds. The van der Waals surface area contributed by atoms with E-state index in [1.807, 2.05) is 111 Å². The Morgan fingerprint density at radius 1 is 0.474 bits per heavy atom. The molecule has 5 aliphatic heterocycles. The van der Waals surface area contributed by atoms with Crippen molar-refractivity contribution < 1.29 is 28.6 Å². The van der Waals surface area contributed by atoms with Gasteiger partial charge in [0.1, 0.15) is 12.1 Å². The van der Waals surface area contributed by atoms with Crippen LogP contribution in [-0.2, 0) is 48.3 Å². The van der Waals surface area contributed by atoms with Crippen LogP contribution in [0.15, 0.2) is 95.7 Å². The average molecular weight is 1300 g/mol. The fraction of sp³-hybridized carbons (Fsp3) is 0.444. The highest BCUT2D eigenvalue weighted by atomic mass is 16.5. The molecule has 0 fully saturated rings. The molecule has 502 valence electrons. The SMILES string of the molecule is C=c1nc2c(c(=O)[nH]1)=Nc1cc(C)c(C)cc1N2CCCCCCC(=O)OCc1ccccc1.CCCCOC(=O)CCCCCCn1c2nc(=O)[nH]c(=O)c-2nc2cc(C)c(C)cc21.CCCOC(=O)CCCCCCn1c2nc(=O)[nH]c(=O)c-2nc2cc(C)c(C)cc21. The molecule has 3 N–H and O–H groups in total. The highest BCUT2D eigenvalue weighted by Crippen LogP contribution is 2.37. The van der Waals surface area contributed by atoms with Crippen molar-refractivity contribution in [2.45, 2.75) is 191 Å². The standard InChI is InChI=1S/C27H30N4O3.C23H30N4O4.C22H28N4O4/c1-18-15-22-23(16-19(18)2)31(26-25(30-22)27(33)29-20(3)28-26)14-10-5-4-9-13-24(32)34-17-21-11-7-6-8-12-21;1-4-5-12-31-19(28)10-8-6-7-9-11-27-18-14-16(3)15(2)13-17(18)24-20-21(27)25-23(30)26-22(20)29;1-4-11-30-18(27)9-7-5-6-8-10-26-17-13-15(3)14(2)12-16(17)23-19-20(26)24-22(29)25-21(19)28/h6-8,11-12,15-16H,3-5,9-10,13-14,17H2,1-2H3,(H,29,33);13-14H,4-12H2,1-3H3,(H,26,29,30);12-13H,4-11H2,1-3H3,(H,25,28,29). The number of carbonyl (C=O) groups is 3. The average Bonchev–Trinajstić information content (AvgIpc) is 0.776. The van der Waals surface area contributed by atoms with Gasteiger partial charge in [-0.15, -0.1) is 0 Å². The number of fused-ring (bicyclic) bond motifs is 6. The van der Waals surface area contributed by atoms with Gasteiger partial charge in [0.25, 0.3) is 16.7 Å². The van der Waals surface area contributed by atoms with Gasteiger partial charge in [-0.25, -0.2) is 29.5 Å². The monoisotopic (exact) mass is 1300 g/mol. The van der Waals surface area contributed by atoms with Gasteiger partial charge in [0.2, 0.25) is 0 Å². The van der Waals surface area contributed by atoms with Gasteiger partial charge in [0.05, 0.1) is 46.7 Å². The van der Waals surface area contributed by atoms with Gasteiger partial charge in [-0.2, -0.15) is 9.97 Å². The van der Waals surface area contributed by atoms with Gasteiger partial charge in [0, 0.05) is 38.9 Å². The lowest BCUT2D eigenvalue weighted by molar-refractivity contribution is -0.145. The summed E-state index contributed by atoms with van der Waals surface area (Å²) in [5, 5.41) is 0.323. The van der Waals surface area contributed by atoms with Gasteiger partial charge in [-0.05, 0) is 168 Å². The largest absolute Gasteiger partial charge is 0.466 e. The fourth-order valence-corrected chi connectivity index (χ4v) is 11.1. The number of ether oxygens (including phenoxy) is 3. The van der Waals surface area contributed by atoms with Gasteiger partial charge in [-0.3, -0.25) is 38.7 Å². The normalized spacial score (nSPS) is 11.6. The number of H-pyrrole nitrogens is 3. The third-order valence-corrected chi connectivity index (χ3v) is 16.8.